The van der Waals surface area contributed by atoms with Crippen LogP contribution >= 0.6 is 0 Å². The molecule has 1 aliphatic carbocycles. The molecule has 0 radical (unpaired) electrons. The Labute approximate surface area is 399 Å². The van der Waals surface area contributed by atoms with Crippen molar-refractivity contribution in [1.82, 2.24) is 26.3 Å². The molecule has 0 bridgehead atoms. The van der Waals surface area contributed by atoms with Crippen LogP contribution in [0.3, 0.4) is 0 Å². The zero-order valence-electron chi connectivity index (χ0n) is 40.1. The summed E-state index contributed by atoms with van der Waals surface area (Å²) in [6.45, 7) is 15.5. The molecule has 3 amide bonds. The second-order valence-corrected chi connectivity index (χ2v) is 19.9. The van der Waals surface area contributed by atoms with E-state index in [1.807, 2.05) is 27.7 Å². The number of ether oxygens (including phenoxy) is 3. The molecule has 5 N–H and O–H groups in total. The van der Waals surface area contributed by atoms with Crippen LogP contribution in [0.25, 0.3) is 11.3 Å². The van der Waals surface area contributed by atoms with Crippen molar-refractivity contribution in [3.05, 3.63) is 95.0 Å². The van der Waals surface area contributed by atoms with E-state index in [1.165, 1.54) is 18.5 Å². The van der Waals surface area contributed by atoms with Crippen molar-refractivity contribution < 1.29 is 56.1 Å². The summed E-state index contributed by atoms with van der Waals surface area (Å²) in [6.07, 6.45) is -1.46. The van der Waals surface area contributed by atoms with E-state index in [0.29, 0.717) is 66.3 Å². The molecule has 2 fully saturated rings. The number of oxazole rings is 1. The largest absolute Gasteiger partial charge is 0.507 e. The van der Waals surface area contributed by atoms with Crippen LogP contribution < -0.4 is 30.7 Å². The minimum atomic E-state index is -4.72. The van der Waals surface area contributed by atoms with Crippen LogP contribution in [0.15, 0.2) is 71.5 Å². The number of alkyl halides is 3. The number of hydrogen-bond acceptors (Lipinski definition) is 12. The van der Waals surface area contributed by atoms with Gasteiger partial charge in [0, 0.05) is 29.0 Å². The number of rotatable bonds is 19. The third-order valence-corrected chi connectivity index (χ3v) is 12.8. The average Bonchev–Trinajstić information content (AvgIpc) is 3.99. The van der Waals surface area contributed by atoms with Crippen LogP contribution in [0.5, 0.6) is 17.2 Å². The van der Waals surface area contributed by atoms with Crippen molar-refractivity contribution in [2.24, 2.45) is 16.2 Å². The first-order chi connectivity index (χ1) is 32.4. The number of carbonyl (C=O) groups is 4. The number of Topliss-reactive ketones (excluding diaryl/α,β-unsaturated/α-hetero) is 1. The van der Waals surface area contributed by atoms with Gasteiger partial charge in [0.2, 0.25) is 11.8 Å². The number of halogens is 3. The number of aromatic hydroxyl groups is 1. The van der Waals surface area contributed by atoms with Gasteiger partial charge in [-0.3, -0.25) is 19.2 Å². The fourth-order valence-electron chi connectivity index (χ4n) is 9.48. The first-order valence-electron chi connectivity index (χ1n) is 22.9. The Morgan fingerprint density at radius 3 is 2.23 bits per heavy atom. The number of unbranched alkanes of at least 4 members (excludes halogenated alkanes) is 1. The summed E-state index contributed by atoms with van der Waals surface area (Å²) in [5.41, 5.74) is -2.02. The number of phenolic OH excluding ortho intramolecular Hbond substituents is 1. The first-order valence-corrected chi connectivity index (χ1v) is 22.9. The lowest BCUT2D eigenvalue weighted by atomic mass is 9.49. The molecule has 3 atom stereocenters. The number of aryl methyl sites for hydroxylation is 1. The SMILES string of the molecule is Cc1ncoc1-c1ccc(C(NC(=O)C2CCCN2)C(=O)[C@@H](NC(=O)COCCCCOc2ccc(C(=O)NC3C(C)(C)C(Oc4ccc(C#N)c(C(F)(F)F)c4)C3(C)C)cc2)C(C)(C)C)cc1O. The monoisotopic (exact) mass is 958 g/mol. The van der Waals surface area contributed by atoms with E-state index in [9.17, 15) is 37.5 Å². The minimum Gasteiger partial charge on any atom is -0.507 e. The third kappa shape index (κ3) is 12.1. The molecule has 1 aromatic heterocycles. The van der Waals surface area contributed by atoms with Crippen molar-refractivity contribution in [3.63, 3.8) is 0 Å². The van der Waals surface area contributed by atoms with E-state index in [2.05, 4.69) is 26.3 Å². The van der Waals surface area contributed by atoms with Gasteiger partial charge in [0.1, 0.15) is 36.0 Å². The molecule has 1 saturated heterocycles. The quantitative estimate of drug-likeness (QED) is 0.0571. The zero-order chi connectivity index (χ0) is 50.5. The minimum absolute atomic E-state index is 0.0170. The molecule has 370 valence electrons. The van der Waals surface area contributed by atoms with E-state index in [1.54, 1.807) is 70.2 Å². The van der Waals surface area contributed by atoms with Crippen molar-refractivity contribution in [2.45, 2.75) is 118 Å². The average molecular weight is 959 g/mol. The smallest absolute Gasteiger partial charge is 0.417 e. The Morgan fingerprint density at radius 2 is 1.64 bits per heavy atom. The Hall–Kier alpha value is -6.45. The molecule has 4 aromatic rings. The number of ketones is 1. The first kappa shape index (κ1) is 51.9. The molecule has 1 aliphatic heterocycles. The number of hydrogen-bond donors (Lipinski definition) is 5. The number of carbonyl (C=O) groups excluding carboxylic acids is 4. The van der Waals surface area contributed by atoms with Crippen LogP contribution in [0.2, 0.25) is 0 Å². The maximum Gasteiger partial charge on any atom is 0.417 e. The number of nitrogens with one attached hydrogen (secondary N) is 4. The van der Waals surface area contributed by atoms with Gasteiger partial charge in [-0.1, -0.05) is 54.5 Å². The lowest BCUT2D eigenvalue weighted by molar-refractivity contribution is -0.164. The van der Waals surface area contributed by atoms with Crippen LogP contribution in [0, 0.1) is 34.5 Å². The van der Waals surface area contributed by atoms with Crippen LogP contribution in [-0.4, -0.2) is 84.2 Å². The van der Waals surface area contributed by atoms with Crippen molar-refractivity contribution in [3.8, 4) is 34.6 Å². The second kappa shape index (κ2) is 21.0. The van der Waals surface area contributed by atoms with E-state index in [4.69, 9.17) is 23.9 Å². The summed E-state index contributed by atoms with van der Waals surface area (Å²) >= 11 is 0. The highest BCUT2D eigenvalue weighted by atomic mass is 19.4. The number of nitrogens with zero attached hydrogens (tertiary/aromatic N) is 2. The number of aromatic nitrogens is 1. The Morgan fingerprint density at radius 1 is 0.957 bits per heavy atom. The number of benzene rings is 3. The van der Waals surface area contributed by atoms with Gasteiger partial charge in [-0.15, -0.1) is 0 Å². The second-order valence-electron chi connectivity index (χ2n) is 19.9. The molecule has 6 rings (SSSR count). The third-order valence-electron chi connectivity index (χ3n) is 12.8. The molecule has 15 nitrogen and oxygen atoms in total. The molecule has 3 aromatic carbocycles. The predicted molar refractivity (Wildman–Crippen MR) is 248 cm³/mol. The van der Waals surface area contributed by atoms with E-state index in [-0.39, 0.29) is 42.6 Å². The number of phenols is 1. The molecule has 69 heavy (non-hydrogen) atoms. The molecule has 0 spiro atoms. The summed E-state index contributed by atoms with van der Waals surface area (Å²) in [5.74, 6) is -0.978. The normalized spacial score (nSPS) is 19.3. The topological polar surface area (TPSA) is 214 Å². The molecule has 2 aliphatic rings. The van der Waals surface area contributed by atoms with E-state index >= 15 is 0 Å². The number of nitriles is 1. The maximum absolute atomic E-state index is 14.4. The van der Waals surface area contributed by atoms with Gasteiger partial charge >= 0.3 is 6.18 Å². The van der Waals surface area contributed by atoms with Gasteiger partial charge in [0.15, 0.2) is 17.9 Å². The molecular formula is C51H61F3N6O9. The molecule has 2 unspecified atom stereocenters. The summed E-state index contributed by atoms with van der Waals surface area (Å²) in [6, 6.07) is 13.0. The summed E-state index contributed by atoms with van der Waals surface area (Å²) in [4.78, 5) is 58.5. The predicted octanol–water partition coefficient (Wildman–Crippen LogP) is 7.74. The lowest BCUT2D eigenvalue weighted by Gasteiger charge is -2.63. The standard InChI is InChI=1S/C51H61F3N6O9/c1-29-42(68-28-57-29)35-20-16-31(24-38(35)61)40(59-45(65)37-12-11-21-56-37)41(63)43(48(2,3)4)58-39(62)27-66-22-9-10-23-67-33-17-13-30(14-18-33)44(64)60-46-49(5,6)47(50(46,7)8)69-34-19-15-32(26-55)36(25-34)51(52,53)54/h13-20,24-25,28,37,40,43,46-47,56,61H,9-12,21-23,27H2,1-8H3,(H,58,62)(H,59,65)(H,60,64)/t37?,40?,43-,46?,47?/m1/s1. The number of amides is 3. The summed E-state index contributed by atoms with van der Waals surface area (Å²) < 4.78 is 63.9. The highest BCUT2D eigenvalue weighted by Crippen LogP contribution is 2.56. The molecule has 2 heterocycles. The van der Waals surface area contributed by atoms with Gasteiger partial charge in [-0.05, 0) is 105 Å². The van der Waals surface area contributed by atoms with Crippen LogP contribution in [0.1, 0.15) is 113 Å². The highest BCUT2D eigenvalue weighted by Gasteiger charge is 2.64. The van der Waals surface area contributed by atoms with E-state index < -0.39 is 69.5 Å². The fraction of sp³-hybridized carbons (Fsp3) is 0.490. The fourth-order valence-corrected chi connectivity index (χ4v) is 9.48. The highest BCUT2D eigenvalue weighted by molar-refractivity contribution is 5.98. The molecule has 18 heteroatoms. The van der Waals surface area contributed by atoms with Gasteiger partial charge in [-0.25, -0.2) is 4.98 Å². The van der Waals surface area contributed by atoms with Gasteiger partial charge in [0.05, 0.1) is 47.1 Å². The Bertz CT molecular complexity index is 2520. The Balaban J connectivity index is 0.958. The van der Waals surface area contributed by atoms with Crippen molar-refractivity contribution in [1.29, 1.82) is 5.26 Å². The maximum atomic E-state index is 14.4. The lowest BCUT2D eigenvalue weighted by Crippen LogP contribution is -2.74. The van der Waals surface area contributed by atoms with Gasteiger partial charge in [0.25, 0.3) is 5.91 Å². The summed E-state index contributed by atoms with van der Waals surface area (Å²) in [5, 5.41) is 32.1. The van der Waals surface area contributed by atoms with Gasteiger partial charge in [-0.2, -0.15) is 18.4 Å². The van der Waals surface area contributed by atoms with Gasteiger partial charge < -0.3 is 45.0 Å². The van der Waals surface area contributed by atoms with Crippen molar-refractivity contribution >= 4 is 23.5 Å². The van der Waals surface area contributed by atoms with Crippen LogP contribution in [0.4, 0.5) is 13.2 Å². The summed E-state index contributed by atoms with van der Waals surface area (Å²) in [7, 11) is 0. The van der Waals surface area contributed by atoms with Crippen molar-refractivity contribution in [2.75, 3.05) is 26.4 Å². The van der Waals surface area contributed by atoms with Crippen LogP contribution in [-0.2, 0) is 25.3 Å². The zero-order valence-corrected chi connectivity index (χ0v) is 40.1. The van der Waals surface area contributed by atoms with E-state index in [0.717, 1.165) is 18.6 Å². The molecule has 1 saturated carbocycles. The molecular weight excluding hydrogens is 898 g/mol. The Kier molecular flexibility index (Phi) is 15.8.